The van der Waals surface area contributed by atoms with Crippen LogP contribution in [0.4, 0.5) is 11.7 Å². The van der Waals surface area contributed by atoms with Crippen molar-refractivity contribution in [2.24, 2.45) is 0 Å². The van der Waals surface area contributed by atoms with E-state index in [0.717, 1.165) is 23.5 Å². The van der Waals surface area contributed by atoms with E-state index >= 15 is 0 Å². The predicted octanol–water partition coefficient (Wildman–Crippen LogP) is 2.52. The number of fused-ring (bicyclic) bond motifs is 1. The zero-order valence-corrected chi connectivity index (χ0v) is 10.4. The summed E-state index contributed by atoms with van der Waals surface area (Å²) in [5.41, 5.74) is 7.86. The highest BCUT2D eigenvalue weighted by Gasteiger charge is 2.05. The summed E-state index contributed by atoms with van der Waals surface area (Å²) < 4.78 is 5.55. The van der Waals surface area contributed by atoms with Crippen LogP contribution in [0.2, 0.25) is 0 Å². The highest BCUT2D eigenvalue weighted by atomic mass is 32.1. The first-order valence-electron chi connectivity index (χ1n) is 5.59. The number of benzene rings is 1. The number of rotatable bonds is 4. The van der Waals surface area contributed by atoms with E-state index in [4.69, 9.17) is 10.2 Å². The molecule has 0 aliphatic heterocycles. The van der Waals surface area contributed by atoms with Crippen LogP contribution >= 0.6 is 11.3 Å². The summed E-state index contributed by atoms with van der Waals surface area (Å²) in [5.74, 6) is 0. The third kappa shape index (κ3) is 2.28. The van der Waals surface area contributed by atoms with Gasteiger partial charge in [-0.3, -0.25) is 0 Å². The van der Waals surface area contributed by atoms with Gasteiger partial charge in [0.1, 0.15) is 5.52 Å². The SMILES string of the molecule is Nc1ccc2nc(NCCc3nccs3)oc2c1. The van der Waals surface area contributed by atoms with Gasteiger partial charge in [0, 0.05) is 36.3 Å². The number of oxazole rings is 1. The van der Waals surface area contributed by atoms with Gasteiger partial charge < -0.3 is 15.5 Å². The molecule has 92 valence electrons. The van der Waals surface area contributed by atoms with Gasteiger partial charge >= 0.3 is 0 Å². The van der Waals surface area contributed by atoms with Gasteiger partial charge in [0.2, 0.25) is 0 Å². The van der Waals surface area contributed by atoms with Gasteiger partial charge in [-0.15, -0.1) is 11.3 Å². The third-order valence-corrected chi connectivity index (χ3v) is 3.35. The summed E-state index contributed by atoms with van der Waals surface area (Å²) in [6.45, 7) is 0.746. The zero-order valence-electron chi connectivity index (χ0n) is 9.59. The fourth-order valence-electron chi connectivity index (χ4n) is 1.67. The zero-order chi connectivity index (χ0) is 12.4. The summed E-state index contributed by atoms with van der Waals surface area (Å²) in [6.07, 6.45) is 2.67. The molecule has 2 heterocycles. The molecule has 0 saturated heterocycles. The number of nitrogens with zero attached hydrogens (tertiary/aromatic N) is 2. The highest BCUT2D eigenvalue weighted by Crippen LogP contribution is 2.21. The lowest BCUT2D eigenvalue weighted by molar-refractivity contribution is 0.614. The normalized spacial score (nSPS) is 10.9. The van der Waals surface area contributed by atoms with Crippen molar-refractivity contribution in [3.63, 3.8) is 0 Å². The van der Waals surface area contributed by atoms with E-state index in [1.54, 1.807) is 17.4 Å². The van der Waals surface area contributed by atoms with Crippen molar-refractivity contribution in [3.8, 4) is 0 Å². The van der Waals surface area contributed by atoms with E-state index in [9.17, 15) is 0 Å². The Morgan fingerprint density at radius 3 is 3.17 bits per heavy atom. The van der Waals surface area contributed by atoms with Crippen LogP contribution in [0.1, 0.15) is 5.01 Å². The Bertz CT molecular complexity index is 647. The van der Waals surface area contributed by atoms with Crippen molar-refractivity contribution in [1.82, 2.24) is 9.97 Å². The van der Waals surface area contributed by atoms with E-state index in [-0.39, 0.29) is 0 Å². The Morgan fingerprint density at radius 2 is 2.33 bits per heavy atom. The Labute approximate surface area is 108 Å². The van der Waals surface area contributed by atoms with Gasteiger partial charge in [-0.1, -0.05) is 0 Å². The number of hydrogen-bond acceptors (Lipinski definition) is 6. The molecule has 3 rings (SSSR count). The summed E-state index contributed by atoms with van der Waals surface area (Å²) in [7, 11) is 0. The minimum atomic E-state index is 0.521. The number of anilines is 2. The number of aromatic nitrogens is 2. The van der Waals surface area contributed by atoms with Crippen LogP contribution in [0.15, 0.2) is 34.2 Å². The lowest BCUT2D eigenvalue weighted by atomic mass is 10.3. The number of nitrogen functional groups attached to an aromatic ring is 1. The molecule has 0 bridgehead atoms. The van der Waals surface area contributed by atoms with Crippen LogP contribution in [0.3, 0.4) is 0 Å². The first kappa shape index (κ1) is 11.0. The summed E-state index contributed by atoms with van der Waals surface area (Å²) in [6, 6.07) is 5.95. The maximum absolute atomic E-state index is 5.68. The van der Waals surface area contributed by atoms with Gasteiger partial charge in [-0.25, -0.2) is 4.98 Å². The topological polar surface area (TPSA) is 77.0 Å². The standard InChI is InChI=1S/C12H12N4OS/c13-8-1-2-9-10(7-8)17-12(16-9)15-4-3-11-14-5-6-18-11/h1-2,5-7H,3-4,13H2,(H,15,16). The largest absolute Gasteiger partial charge is 0.423 e. The van der Waals surface area contributed by atoms with Gasteiger partial charge in [0.05, 0.1) is 5.01 Å². The molecule has 5 nitrogen and oxygen atoms in total. The average Bonchev–Trinajstić information content (AvgIpc) is 2.97. The van der Waals surface area contributed by atoms with Crippen molar-refractivity contribution >= 4 is 34.1 Å². The Morgan fingerprint density at radius 1 is 1.39 bits per heavy atom. The molecule has 2 aromatic heterocycles. The lowest BCUT2D eigenvalue weighted by Crippen LogP contribution is -2.04. The highest BCUT2D eigenvalue weighted by molar-refractivity contribution is 7.09. The Hall–Kier alpha value is -2.08. The van der Waals surface area contributed by atoms with Crippen molar-refractivity contribution in [3.05, 3.63) is 34.8 Å². The van der Waals surface area contributed by atoms with Gasteiger partial charge in [-0.05, 0) is 12.1 Å². The number of thiazole rings is 1. The summed E-state index contributed by atoms with van der Waals surface area (Å²) in [5, 5.41) is 6.21. The molecule has 0 fully saturated rings. The fourth-order valence-corrected chi connectivity index (χ4v) is 2.29. The molecule has 3 aromatic rings. The van der Waals surface area contributed by atoms with Crippen molar-refractivity contribution in [1.29, 1.82) is 0 Å². The third-order valence-electron chi connectivity index (χ3n) is 2.51. The van der Waals surface area contributed by atoms with Crippen LogP contribution in [0.5, 0.6) is 0 Å². The Kier molecular flexibility index (Phi) is 2.85. The Balaban J connectivity index is 1.67. The van der Waals surface area contributed by atoms with Crippen LogP contribution < -0.4 is 11.1 Å². The first-order chi connectivity index (χ1) is 8.81. The smallest absolute Gasteiger partial charge is 0.295 e. The minimum Gasteiger partial charge on any atom is -0.423 e. The van der Waals surface area contributed by atoms with Gasteiger partial charge in [0.25, 0.3) is 6.01 Å². The van der Waals surface area contributed by atoms with Crippen LogP contribution in [-0.2, 0) is 6.42 Å². The molecule has 18 heavy (non-hydrogen) atoms. The molecule has 0 aliphatic rings. The number of nitrogens with two attached hydrogens (primary N) is 1. The average molecular weight is 260 g/mol. The molecule has 0 unspecified atom stereocenters. The van der Waals surface area contributed by atoms with E-state index in [1.165, 1.54) is 0 Å². The quantitative estimate of drug-likeness (QED) is 0.705. The fraction of sp³-hybridized carbons (Fsp3) is 0.167. The van der Waals surface area contributed by atoms with Crippen molar-refractivity contribution in [2.45, 2.75) is 6.42 Å². The van der Waals surface area contributed by atoms with E-state index in [0.29, 0.717) is 17.3 Å². The summed E-state index contributed by atoms with van der Waals surface area (Å²) in [4.78, 5) is 8.54. The van der Waals surface area contributed by atoms with Crippen molar-refractivity contribution < 1.29 is 4.42 Å². The monoisotopic (exact) mass is 260 g/mol. The summed E-state index contributed by atoms with van der Waals surface area (Å²) >= 11 is 1.65. The van der Waals surface area contributed by atoms with Crippen molar-refractivity contribution in [2.75, 3.05) is 17.6 Å². The molecule has 0 radical (unpaired) electrons. The lowest BCUT2D eigenvalue weighted by Gasteiger charge is -1.98. The van der Waals surface area contributed by atoms with Gasteiger partial charge in [-0.2, -0.15) is 4.98 Å². The van der Waals surface area contributed by atoms with Gasteiger partial charge in [0.15, 0.2) is 5.58 Å². The predicted molar refractivity (Wildman–Crippen MR) is 72.7 cm³/mol. The maximum atomic E-state index is 5.68. The molecule has 3 N–H and O–H groups in total. The molecular formula is C12H12N4OS. The van der Waals surface area contributed by atoms with E-state index < -0.39 is 0 Å². The minimum absolute atomic E-state index is 0.521. The molecule has 1 aromatic carbocycles. The number of nitrogens with one attached hydrogen (secondary N) is 1. The molecule has 0 amide bonds. The second kappa shape index (κ2) is 4.66. The first-order valence-corrected chi connectivity index (χ1v) is 6.47. The molecule has 0 atom stereocenters. The number of hydrogen-bond donors (Lipinski definition) is 2. The van der Waals surface area contributed by atoms with Crippen LogP contribution in [0.25, 0.3) is 11.1 Å². The molecular weight excluding hydrogens is 248 g/mol. The van der Waals surface area contributed by atoms with E-state index in [1.807, 2.05) is 23.7 Å². The second-order valence-corrected chi connectivity index (χ2v) is 4.83. The van der Waals surface area contributed by atoms with Crippen LogP contribution in [-0.4, -0.2) is 16.5 Å². The molecule has 6 heteroatoms. The maximum Gasteiger partial charge on any atom is 0.295 e. The van der Waals surface area contributed by atoms with E-state index in [2.05, 4.69) is 15.3 Å². The second-order valence-electron chi connectivity index (χ2n) is 3.85. The molecule has 0 spiro atoms. The van der Waals surface area contributed by atoms with Crippen LogP contribution in [0, 0.1) is 0 Å². The molecule has 0 aliphatic carbocycles. The molecule has 0 saturated carbocycles.